The van der Waals surface area contributed by atoms with E-state index >= 15 is 0 Å². The van der Waals surface area contributed by atoms with Gasteiger partial charge >= 0.3 is 0 Å². The van der Waals surface area contributed by atoms with Crippen molar-refractivity contribution >= 4 is 23.5 Å². The standard InChI is InChI=1S/C23H23N3OS/c1-2-23(27)26-13-11-20-14-19(7-10-22(20)26)18-5-8-21(9-6-18)28-25-16-17-4-3-12-24-15-17/h3-10,12,14-15,25H,2,11,13,16H2,1H3. The van der Waals surface area contributed by atoms with Gasteiger partial charge in [-0.2, -0.15) is 0 Å². The van der Waals surface area contributed by atoms with Crippen molar-refractivity contribution in [1.82, 2.24) is 9.71 Å². The van der Waals surface area contributed by atoms with Gasteiger partial charge in [0.1, 0.15) is 0 Å². The molecule has 0 saturated heterocycles. The number of fused-ring (bicyclic) bond motifs is 1. The second-order valence-corrected chi connectivity index (χ2v) is 7.77. The molecule has 0 atom stereocenters. The third-order valence-corrected chi connectivity index (χ3v) is 5.75. The van der Waals surface area contributed by atoms with E-state index in [4.69, 9.17) is 0 Å². The van der Waals surface area contributed by atoms with E-state index in [0.29, 0.717) is 6.42 Å². The van der Waals surface area contributed by atoms with E-state index in [1.165, 1.54) is 27.1 Å². The Morgan fingerprint density at radius 3 is 2.71 bits per heavy atom. The molecule has 5 heteroatoms. The molecule has 4 rings (SSSR count). The number of nitrogens with one attached hydrogen (secondary N) is 1. The van der Waals surface area contributed by atoms with Gasteiger partial charge in [0.05, 0.1) is 0 Å². The second kappa shape index (κ2) is 8.59. The number of pyridine rings is 1. The Kier molecular flexibility index (Phi) is 5.74. The molecule has 0 radical (unpaired) electrons. The molecule has 0 bridgehead atoms. The van der Waals surface area contributed by atoms with Crippen LogP contribution in [0.25, 0.3) is 11.1 Å². The average Bonchev–Trinajstić information content (AvgIpc) is 3.18. The predicted molar refractivity (Wildman–Crippen MR) is 115 cm³/mol. The largest absolute Gasteiger partial charge is 0.312 e. The lowest BCUT2D eigenvalue weighted by Crippen LogP contribution is -2.27. The Balaban J connectivity index is 1.41. The fraction of sp³-hybridized carbons (Fsp3) is 0.217. The molecular formula is C23H23N3OS. The van der Waals surface area contributed by atoms with Gasteiger partial charge in [-0.1, -0.05) is 31.2 Å². The fourth-order valence-corrected chi connectivity index (χ4v) is 4.13. The van der Waals surface area contributed by atoms with E-state index in [9.17, 15) is 4.79 Å². The topological polar surface area (TPSA) is 45.2 Å². The van der Waals surface area contributed by atoms with Crippen LogP contribution >= 0.6 is 11.9 Å². The van der Waals surface area contributed by atoms with E-state index in [1.54, 1.807) is 18.1 Å². The van der Waals surface area contributed by atoms with Crippen LogP contribution in [0, 0.1) is 0 Å². The van der Waals surface area contributed by atoms with E-state index < -0.39 is 0 Å². The molecule has 142 valence electrons. The summed E-state index contributed by atoms with van der Waals surface area (Å²) in [5.74, 6) is 0.201. The van der Waals surface area contributed by atoms with E-state index in [2.05, 4.69) is 58.2 Å². The lowest BCUT2D eigenvalue weighted by atomic mass is 10.0. The third kappa shape index (κ3) is 4.11. The lowest BCUT2D eigenvalue weighted by molar-refractivity contribution is -0.118. The van der Waals surface area contributed by atoms with Gasteiger partial charge in [0.15, 0.2) is 0 Å². The molecule has 3 aromatic rings. The molecule has 1 aliphatic heterocycles. The number of rotatable bonds is 6. The molecule has 0 spiro atoms. The van der Waals surface area contributed by atoms with Crippen molar-refractivity contribution in [2.45, 2.75) is 31.2 Å². The van der Waals surface area contributed by atoms with E-state index in [-0.39, 0.29) is 5.91 Å². The van der Waals surface area contributed by atoms with Gasteiger partial charge in [0.2, 0.25) is 5.91 Å². The molecule has 1 amide bonds. The van der Waals surface area contributed by atoms with Crippen LogP contribution in [0.1, 0.15) is 24.5 Å². The zero-order valence-electron chi connectivity index (χ0n) is 15.9. The predicted octanol–water partition coefficient (Wildman–Crippen LogP) is 4.84. The number of nitrogens with zero attached hydrogens (tertiary/aromatic N) is 2. The Morgan fingerprint density at radius 1 is 1.14 bits per heavy atom. The van der Waals surface area contributed by atoms with Crippen molar-refractivity contribution in [3.05, 3.63) is 78.1 Å². The summed E-state index contributed by atoms with van der Waals surface area (Å²) in [6.45, 7) is 3.49. The van der Waals surface area contributed by atoms with Crippen LogP contribution in [0.4, 0.5) is 5.69 Å². The minimum atomic E-state index is 0.201. The average molecular weight is 390 g/mol. The summed E-state index contributed by atoms with van der Waals surface area (Å²) in [5, 5.41) is 0. The maximum absolute atomic E-state index is 12.1. The normalized spacial score (nSPS) is 12.8. The minimum absolute atomic E-state index is 0.201. The maximum atomic E-state index is 12.1. The highest BCUT2D eigenvalue weighted by molar-refractivity contribution is 7.97. The fourth-order valence-electron chi connectivity index (χ4n) is 3.45. The Morgan fingerprint density at radius 2 is 1.96 bits per heavy atom. The van der Waals surface area contributed by atoms with Gasteiger partial charge in [-0.25, -0.2) is 0 Å². The smallest absolute Gasteiger partial charge is 0.226 e. The summed E-state index contributed by atoms with van der Waals surface area (Å²) in [6, 6.07) is 19.0. The second-order valence-electron chi connectivity index (χ2n) is 6.80. The molecule has 0 saturated carbocycles. The van der Waals surface area contributed by atoms with Crippen molar-refractivity contribution in [3.8, 4) is 11.1 Å². The van der Waals surface area contributed by atoms with Crippen molar-refractivity contribution < 1.29 is 4.79 Å². The summed E-state index contributed by atoms with van der Waals surface area (Å²) < 4.78 is 3.37. The number of hydrogen-bond donors (Lipinski definition) is 1. The molecule has 28 heavy (non-hydrogen) atoms. The van der Waals surface area contributed by atoms with Gasteiger partial charge in [0.25, 0.3) is 0 Å². The molecule has 1 aliphatic rings. The molecule has 0 aliphatic carbocycles. The number of amides is 1. The van der Waals surface area contributed by atoms with Crippen LogP contribution in [-0.2, 0) is 17.8 Å². The molecule has 2 heterocycles. The number of aromatic nitrogens is 1. The minimum Gasteiger partial charge on any atom is -0.312 e. The van der Waals surface area contributed by atoms with Crippen LogP contribution in [0.2, 0.25) is 0 Å². The lowest BCUT2D eigenvalue weighted by Gasteiger charge is -2.16. The molecule has 1 aromatic heterocycles. The summed E-state index contributed by atoms with van der Waals surface area (Å²) in [4.78, 5) is 19.3. The van der Waals surface area contributed by atoms with Crippen LogP contribution in [0.15, 0.2) is 71.9 Å². The Labute approximate surface area is 170 Å². The van der Waals surface area contributed by atoms with Crippen LogP contribution in [0.3, 0.4) is 0 Å². The summed E-state index contributed by atoms with van der Waals surface area (Å²) in [5.41, 5.74) is 5.89. The molecule has 0 unspecified atom stereocenters. The Hall–Kier alpha value is -2.63. The number of carbonyl (C=O) groups excluding carboxylic acids is 1. The Bertz CT molecular complexity index is 957. The van der Waals surface area contributed by atoms with E-state index in [0.717, 1.165) is 25.2 Å². The van der Waals surface area contributed by atoms with Gasteiger partial charge in [-0.15, -0.1) is 0 Å². The molecular weight excluding hydrogens is 366 g/mol. The summed E-state index contributed by atoms with van der Waals surface area (Å²) >= 11 is 1.62. The molecule has 1 N–H and O–H groups in total. The third-order valence-electron chi connectivity index (χ3n) is 4.96. The first-order chi connectivity index (χ1) is 13.7. The van der Waals surface area contributed by atoms with Gasteiger partial charge < -0.3 is 4.90 Å². The number of carbonyl (C=O) groups is 1. The van der Waals surface area contributed by atoms with Crippen LogP contribution in [-0.4, -0.2) is 17.4 Å². The zero-order valence-corrected chi connectivity index (χ0v) is 16.7. The highest BCUT2D eigenvalue weighted by Crippen LogP contribution is 2.33. The van der Waals surface area contributed by atoms with Gasteiger partial charge in [0, 0.05) is 42.5 Å². The quantitative estimate of drug-likeness (QED) is 0.613. The van der Waals surface area contributed by atoms with Crippen LogP contribution < -0.4 is 9.62 Å². The first kappa shape index (κ1) is 18.7. The van der Waals surface area contributed by atoms with Gasteiger partial charge in [-0.05, 0) is 71.0 Å². The number of anilines is 1. The van der Waals surface area contributed by atoms with Crippen molar-refractivity contribution in [2.24, 2.45) is 0 Å². The summed E-state index contributed by atoms with van der Waals surface area (Å²) in [6.07, 6.45) is 5.14. The number of benzene rings is 2. The monoisotopic (exact) mass is 389 g/mol. The molecule has 0 fully saturated rings. The van der Waals surface area contributed by atoms with Crippen molar-refractivity contribution in [3.63, 3.8) is 0 Å². The van der Waals surface area contributed by atoms with Crippen molar-refractivity contribution in [2.75, 3.05) is 11.4 Å². The summed E-state index contributed by atoms with van der Waals surface area (Å²) in [7, 11) is 0. The number of hydrogen-bond acceptors (Lipinski definition) is 4. The molecule has 4 nitrogen and oxygen atoms in total. The first-order valence-electron chi connectivity index (χ1n) is 9.57. The molecule has 2 aromatic carbocycles. The zero-order chi connectivity index (χ0) is 19.3. The highest BCUT2D eigenvalue weighted by Gasteiger charge is 2.23. The van der Waals surface area contributed by atoms with Crippen LogP contribution in [0.5, 0.6) is 0 Å². The van der Waals surface area contributed by atoms with E-state index in [1.807, 2.05) is 24.1 Å². The first-order valence-corrected chi connectivity index (χ1v) is 10.4. The maximum Gasteiger partial charge on any atom is 0.226 e. The SMILES string of the molecule is CCC(=O)N1CCc2cc(-c3ccc(SNCc4cccnc4)cc3)ccc21. The highest BCUT2D eigenvalue weighted by atomic mass is 32.2. The van der Waals surface area contributed by atoms with Crippen molar-refractivity contribution in [1.29, 1.82) is 0 Å². The van der Waals surface area contributed by atoms with Gasteiger partial charge in [-0.3, -0.25) is 14.5 Å².